The van der Waals surface area contributed by atoms with Crippen molar-refractivity contribution in [2.75, 3.05) is 20.8 Å². The van der Waals surface area contributed by atoms with E-state index in [-0.39, 0.29) is 5.82 Å². The number of ether oxygens (including phenoxy) is 2. The molecule has 0 spiro atoms. The fourth-order valence-electron chi connectivity index (χ4n) is 3.59. The maximum atomic E-state index is 14.2. The first kappa shape index (κ1) is 18.4. The highest BCUT2D eigenvalue weighted by atomic mass is 19.1. The van der Waals surface area contributed by atoms with Crippen molar-refractivity contribution in [2.24, 2.45) is 5.92 Å². The summed E-state index contributed by atoms with van der Waals surface area (Å²) in [4.78, 5) is 0. The van der Waals surface area contributed by atoms with Crippen LogP contribution in [0.3, 0.4) is 0 Å². The van der Waals surface area contributed by atoms with E-state index in [2.05, 4.69) is 30.6 Å². The van der Waals surface area contributed by atoms with Gasteiger partial charge in [0.05, 0.1) is 19.8 Å². The molecule has 1 aliphatic rings. The van der Waals surface area contributed by atoms with Crippen LogP contribution < -0.4 is 9.47 Å². The Morgan fingerprint density at radius 3 is 2.42 bits per heavy atom. The minimum Gasteiger partial charge on any atom is -0.493 e. The van der Waals surface area contributed by atoms with Gasteiger partial charge in [-0.3, -0.25) is 0 Å². The van der Waals surface area contributed by atoms with Crippen LogP contribution >= 0.6 is 0 Å². The summed E-state index contributed by atoms with van der Waals surface area (Å²) in [5.41, 5.74) is 4.45. The lowest BCUT2D eigenvalue weighted by molar-refractivity contribution is -0.546. The molecule has 0 aromatic heterocycles. The minimum absolute atomic E-state index is 0.144. The van der Waals surface area contributed by atoms with Gasteiger partial charge in [0.15, 0.2) is 23.8 Å². The molecule has 2 aromatic rings. The third kappa shape index (κ3) is 3.74. The lowest BCUT2D eigenvalue weighted by Crippen LogP contribution is -2.31. The number of methoxy groups -OCH3 is 2. The van der Waals surface area contributed by atoms with Crippen molar-refractivity contribution >= 4 is 5.71 Å². The molecule has 0 amide bonds. The van der Waals surface area contributed by atoms with Crippen LogP contribution in [0.1, 0.15) is 37.0 Å². The van der Waals surface area contributed by atoms with Crippen LogP contribution in [0.4, 0.5) is 4.39 Å². The van der Waals surface area contributed by atoms with Gasteiger partial charge in [0.25, 0.3) is 0 Å². The van der Waals surface area contributed by atoms with E-state index in [1.165, 1.54) is 22.9 Å². The number of fused-ring (bicyclic) bond motifs is 1. The summed E-state index contributed by atoms with van der Waals surface area (Å²) in [7, 11) is 3.32. The second kappa shape index (κ2) is 7.90. The molecule has 138 valence electrons. The van der Waals surface area contributed by atoms with Gasteiger partial charge in [0.2, 0.25) is 0 Å². The smallest absolute Gasteiger partial charge is 0.184 e. The van der Waals surface area contributed by atoms with Crippen molar-refractivity contribution in [1.29, 1.82) is 0 Å². The lowest BCUT2D eigenvalue weighted by Gasteiger charge is -2.22. The highest BCUT2D eigenvalue weighted by molar-refractivity contribution is 5.99. The first-order chi connectivity index (χ1) is 12.5. The Morgan fingerprint density at radius 2 is 1.77 bits per heavy atom. The zero-order chi connectivity index (χ0) is 18.7. The lowest BCUT2D eigenvalue weighted by atomic mass is 9.91. The molecular formula is C22H27FNO2+. The largest absolute Gasteiger partial charge is 0.493 e. The van der Waals surface area contributed by atoms with Crippen LogP contribution in [0.25, 0.3) is 0 Å². The summed E-state index contributed by atoms with van der Waals surface area (Å²) in [6.07, 6.45) is 1.85. The molecular weight excluding hydrogens is 329 g/mol. The Hall–Kier alpha value is -2.36. The monoisotopic (exact) mass is 356 g/mol. The molecule has 3 rings (SSSR count). The topological polar surface area (TPSA) is 21.5 Å². The molecule has 1 heterocycles. The zero-order valence-electron chi connectivity index (χ0n) is 16.0. The average molecular weight is 356 g/mol. The number of hydrogen-bond donors (Lipinski definition) is 0. The summed E-state index contributed by atoms with van der Waals surface area (Å²) in [6, 6.07) is 11.2. The molecule has 1 aliphatic heterocycles. The molecule has 0 radical (unpaired) electrons. The van der Waals surface area contributed by atoms with Crippen molar-refractivity contribution < 1.29 is 18.4 Å². The van der Waals surface area contributed by atoms with E-state index in [0.717, 1.165) is 36.4 Å². The van der Waals surface area contributed by atoms with Crippen molar-refractivity contribution in [1.82, 2.24) is 0 Å². The Balaban J connectivity index is 2.08. The number of halogens is 1. The molecule has 0 aliphatic carbocycles. The molecule has 0 N–H and O–H groups in total. The standard InChI is InChI=1S/C22H27FNO2/c1-15(2)11-20-18-13-22(26-4)21(25-3)12-16(18)9-10-24(20)14-17-7-5-6-8-19(17)23/h5-8,12-13,15H,9-11,14H2,1-4H3/q+1. The van der Waals surface area contributed by atoms with E-state index in [4.69, 9.17) is 9.47 Å². The van der Waals surface area contributed by atoms with Crippen LogP contribution in [0.5, 0.6) is 11.5 Å². The van der Waals surface area contributed by atoms with E-state index in [1.54, 1.807) is 20.3 Å². The van der Waals surface area contributed by atoms with E-state index in [1.807, 2.05) is 12.1 Å². The summed E-state index contributed by atoms with van der Waals surface area (Å²) in [5.74, 6) is 1.86. The molecule has 26 heavy (non-hydrogen) atoms. The fourth-order valence-corrected chi connectivity index (χ4v) is 3.59. The zero-order valence-corrected chi connectivity index (χ0v) is 16.0. The van der Waals surface area contributed by atoms with Gasteiger partial charge in [-0.2, -0.15) is 0 Å². The van der Waals surface area contributed by atoms with Gasteiger partial charge in [0, 0.05) is 18.4 Å². The molecule has 0 fully saturated rings. The predicted octanol–water partition coefficient (Wildman–Crippen LogP) is 4.45. The molecule has 3 nitrogen and oxygen atoms in total. The van der Waals surface area contributed by atoms with Crippen LogP contribution in [0, 0.1) is 11.7 Å². The number of hydrogen-bond acceptors (Lipinski definition) is 2. The second-order valence-corrected chi connectivity index (χ2v) is 7.17. The second-order valence-electron chi connectivity index (χ2n) is 7.17. The van der Waals surface area contributed by atoms with E-state index in [9.17, 15) is 4.39 Å². The molecule has 0 unspecified atom stereocenters. The molecule has 0 saturated heterocycles. The van der Waals surface area contributed by atoms with Crippen molar-refractivity contribution in [3.63, 3.8) is 0 Å². The number of rotatable bonds is 6. The molecule has 4 heteroatoms. The van der Waals surface area contributed by atoms with Crippen LogP contribution in [-0.2, 0) is 13.0 Å². The minimum atomic E-state index is -0.144. The van der Waals surface area contributed by atoms with Crippen LogP contribution in [0.15, 0.2) is 36.4 Å². The number of nitrogens with zero attached hydrogens (tertiary/aromatic N) is 1. The predicted molar refractivity (Wildman–Crippen MR) is 102 cm³/mol. The normalized spacial score (nSPS) is 13.8. The highest BCUT2D eigenvalue weighted by Crippen LogP contribution is 2.33. The van der Waals surface area contributed by atoms with E-state index >= 15 is 0 Å². The maximum absolute atomic E-state index is 14.2. The third-order valence-electron chi connectivity index (χ3n) is 4.87. The van der Waals surface area contributed by atoms with E-state index in [0.29, 0.717) is 12.5 Å². The first-order valence-corrected chi connectivity index (χ1v) is 9.13. The van der Waals surface area contributed by atoms with Crippen LogP contribution in [0.2, 0.25) is 0 Å². The highest BCUT2D eigenvalue weighted by Gasteiger charge is 2.28. The maximum Gasteiger partial charge on any atom is 0.184 e. The molecule has 0 saturated carbocycles. The Kier molecular flexibility index (Phi) is 5.60. The SMILES string of the molecule is COc1cc2c(cc1OC)C(CC(C)C)=[N+](Cc1ccccc1F)CC2. The summed E-state index contributed by atoms with van der Waals surface area (Å²) in [6.45, 7) is 5.88. The molecule has 0 bridgehead atoms. The van der Waals surface area contributed by atoms with Gasteiger partial charge in [-0.1, -0.05) is 26.0 Å². The van der Waals surface area contributed by atoms with Gasteiger partial charge in [-0.05, 0) is 35.7 Å². The first-order valence-electron chi connectivity index (χ1n) is 9.13. The van der Waals surface area contributed by atoms with Gasteiger partial charge in [-0.15, -0.1) is 0 Å². The van der Waals surface area contributed by atoms with Crippen molar-refractivity contribution in [3.8, 4) is 11.5 Å². The molecule has 0 atom stereocenters. The Labute approximate surface area is 155 Å². The van der Waals surface area contributed by atoms with Gasteiger partial charge in [-0.25, -0.2) is 8.97 Å². The van der Waals surface area contributed by atoms with Crippen molar-refractivity contribution in [2.45, 2.75) is 33.2 Å². The summed E-state index contributed by atoms with van der Waals surface area (Å²) >= 11 is 0. The fraction of sp³-hybridized carbons (Fsp3) is 0.409. The Bertz CT molecular complexity index is 827. The Morgan fingerprint density at radius 1 is 1.08 bits per heavy atom. The summed E-state index contributed by atoms with van der Waals surface area (Å²) < 4.78 is 27.5. The van der Waals surface area contributed by atoms with Gasteiger partial charge in [0.1, 0.15) is 12.4 Å². The van der Waals surface area contributed by atoms with Gasteiger partial charge >= 0.3 is 0 Å². The molecule has 2 aromatic carbocycles. The average Bonchev–Trinajstić information content (AvgIpc) is 2.63. The quantitative estimate of drug-likeness (QED) is 0.713. The third-order valence-corrected chi connectivity index (χ3v) is 4.87. The van der Waals surface area contributed by atoms with Crippen LogP contribution in [-0.4, -0.2) is 31.1 Å². The summed E-state index contributed by atoms with van der Waals surface area (Å²) in [5, 5.41) is 0. The van der Waals surface area contributed by atoms with Crippen molar-refractivity contribution in [3.05, 3.63) is 58.9 Å². The number of benzene rings is 2. The van der Waals surface area contributed by atoms with E-state index < -0.39 is 0 Å². The van der Waals surface area contributed by atoms with Gasteiger partial charge < -0.3 is 9.47 Å².